The Hall–Kier alpha value is -2.25. The second-order valence-corrected chi connectivity index (χ2v) is 8.77. The molecule has 0 atom stereocenters. The standard InChI is InChI=1S/C19H22ClN3O3S/c1-27(25,26)22-15-7-10-18(20)17(13-15)19(24)21-14-5-8-16(9-6-14)23-11-3-2-4-12-23/h5-10,13,22H,2-4,11-12H2,1H3,(H,21,24). The number of carbonyl (C=O) groups excluding carboxylic acids is 1. The number of hydrogen-bond donors (Lipinski definition) is 2. The van der Waals surface area contributed by atoms with Crippen LogP contribution in [0.15, 0.2) is 42.5 Å². The van der Waals surface area contributed by atoms with Crippen LogP contribution in [0.2, 0.25) is 5.02 Å². The van der Waals surface area contributed by atoms with Gasteiger partial charge in [0.1, 0.15) is 0 Å². The Morgan fingerprint density at radius 1 is 1.00 bits per heavy atom. The maximum absolute atomic E-state index is 12.6. The maximum atomic E-state index is 12.6. The maximum Gasteiger partial charge on any atom is 0.257 e. The molecular formula is C19H22ClN3O3S. The number of halogens is 1. The van der Waals surface area contributed by atoms with Gasteiger partial charge in [0, 0.05) is 30.2 Å². The Labute approximate surface area is 164 Å². The van der Waals surface area contributed by atoms with E-state index in [2.05, 4.69) is 14.9 Å². The highest BCUT2D eigenvalue weighted by Gasteiger charge is 2.14. The van der Waals surface area contributed by atoms with Crippen LogP contribution in [0.5, 0.6) is 0 Å². The zero-order chi connectivity index (χ0) is 19.4. The van der Waals surface area contributed by atoms with Gasteiger partial charge in [0.15, 0.2) is 0 Å². The Balaban J connectivity index is 1.72. The van der Waals surface area contributed by atoms with Crippen molar-refractivity contribution in [2.45, 2.75) is 19.3 Å². The molecule has 0 saturated carbocycles. The summed E-state index contributed by atoms with van der Waals surface area (Å²) in [5.41, 5.74) is 2.28. The molecule has 1 aliphatic heterocycles. The average molecular weight is 408 g/mol. The molecule has 1 saturated heterocycles. The minimum absolute atomic E-state index is 0.199. The Kier molecular flexibility index (Phi) is 5.92. The molecule has 144 valence electrons. The SMILES string of the molecule is CS(=O)(=O)Nc1ccc(Cl)c(C(=O)Nc2ccc(N3CCCCC3)cc2)c1. The van der Waals surface area contributed by atoms with Gasteiger partial charge in [-0.25, -0.2) is 8.42 Å². The molecule has 2 aromatic rings. The summed E-state index contributed by atoms with van der Waals surface area (Å²) >= 11 is 6.11. The number of anilines is 3. The van der Waals surface area contributed by atoms with Crippen LogP contribution in [0.25, 0.3) is 0 Å². The van der Waals surface area contributed by atoms with Crippen LogP contribution in [0, 0.1) is 0 Å². The van der Waals surface area contributed by atoms with Gasteiger partial charge in [-0.05, 0) is 61.7 Å². The predicted octanol–water partition coefficient (Wildman–Crippen LogP) is 3.95. The van der Waals surface area contributed by atoms with E-state index in [0.717, 1.165) is 25.0 Å². The number of hydrogen-bond acceptors (Lipinski definition) is 4. The third-order valence-corrected chi connectivity index (χ3v) is 5.30. The molecule has 6 nitrogen and oxygen atoms in total. The number of nitrogens with one attached hydrogen (secondary N) is 2. The van der Waals surface area contributed by atoms with E-state index >= 15 is 0 Å². The number of benzene rings is 2. The van der Waals surface area contributed by atoms with Crippen molar-refractivity contribution < 1.29 is 13.2 Å². The van der Waals surface area contributed by atoms with E-state index < -0.39 is 15.9 Å². The van der Waals surface area contributed by atoms with Gasteiger partial charge in [-0.15, -0.1) is 0 Å². The highest BCUT2D eigenvalue weighted by Crippen LogP contribution is 2.24. The minimum atomic E-state index is -3.44. The number of sulfonamides is 1. The summed E-state index contributed by atoms with van der Waals surface area (Å²) in [6.07, 6.45) is 4.73. The quantitative estimate of drug-likeness (QED) is 0.786. The summed E-state index contributed by atoms with van der Waals surface area (Å²) < 4.78 is 25.1. The largest absolute Gasteiger partial charge is 0.372 e. The van der Waals surface area contributed by atoms with Crippen LogP contribution in [-0.4, -0.2) is 33.7 Å². The van der Waals surface area contributed by atoms with Crippen molar-refractivity contribution >= 4 is 44.6 Å². The number of carbonyl (C=O) groups is 1. The average Bonchev–Trinajstić information content (AvgIpc) is 2.63. The summed E-state index contributed by atoms with van der Waals surface area (Å²) in [4.78, 5) is 14.9. The van der Waals surface area contributed by atoms with Gasteiger partial charge in [0.2, 0.25) is 10.0 Å². The lowest BCUT2D eigenvalue weighted by molar-refractivity contribution is 0.102. The van der Waals surface area contributed by atoms with E-state index in [0.29, 0.717) is 5.69 Å². The first-order chi connectivity index (χ1) is 12.8. The molecule has 0 unspecified atom stereocenters. The third-order valence-electron chi connectivity index (χ3n) is 4.36. The van der Waals surface area contributed by atoms with E-state index in [1.165, 1.54) is 37.5 Å². The summed E-state index contributed by atoms with van der Waals surface area (Å²) in [6.45, 7) is 2.11. The van der Waals surface area contributed by atoms with Gasteiger partial charge in [0.05, 0.1) is 16.8 Å². The molecule has 0 aromatic heterocycles. The molecular weight excluding hydrogens is 386 g/mol. The van der Waals surface area contributed by atoms with Crippen molar-refractivity contribution in [1.29, 1.82) is 0 Å². The third kappa shape index (κ3) is 5.37. The first kappa shape index (κ1) is 19.5. The summed E-state index contributed by atoms with van der Waals surface area (Å²) in [5, 5.41) is 3.05. The van der Waals surface area contributed by atoms with Gasteiger partial charge in [-0.1, -0.05) is 11.6 Å². The lowest BCUT2D eigenvalue weighted by Crippen LogP contribution is -2.29. The Bertz CT molecular complexity index is 924. The molecule has 0 spiro atoms. The molecule has 2 aromatic carbocycles. The number of rotatable bonds is 5. The van der Waals surface area contributed by atoms with Gasteiger partial charge in [-0.3, -0.25) is 9.52 Å². The zero-order valence-corrected chi connectivity index (χ0v) is 16.6. The zero-order valence-electron chi connectivity index (χ0n) is 15.0. The molecule has 1 amide bonds. The number of nitrogens with zero attached hydrogens (tertiary/aromatic N) is 1. The molecule has 0 aliphatic carbocycles. The first-order valence-electron chi connectivity index (χ1n) is 8.75. The molecule has 3 rings (SSSR count). The van der Waals surface area contributed by atoms with Crippen LogP contribution in [0.4, 0.5) is 17.1 Å². The van der Waals surface area contributed by atoms with Gasteiger partial charge in [-0.2, -0.15) is 0 Å². The van der Waals surface area contributed by atoms with Crippen molar-refractivity contribution in [3.8, 4) is 0 Å². The summed E-state index contributed by atoms with van der Waals surface area (Å²) in [5.74, 6) is -0.400. The van der Waals surface area contributed by atoms with Gasteiger partial charge in [0.25, 0.3) is 5.91 Å². The fourth-order valence-corrected chi connectivity index (χ4v) is 3.84. The summed E-state index contributed by atoms with van der Waals surface area (Å²) in [6, 6.07) is 12.1. The number of piperidine rings is 1. The Morgan fingerprint density at radius 3 is 2.26 bits per heavy atom. The van der Waals surface area contributed by atoms with E-state index in [-0.39, 0.29) is 16.3 Å². The van der Waals surface area contributed by atoms with E-state index in [1.807, 2.05) is 24.3 Å². The van der Waals surface area contributed by atoms with Gasteiger partial charge >= 0.3 is 0 Å². The minimum Gasteiger partial charge on any atom is -0.372 e. The molecule has 2 N–H and O–H groups in total. The van der Waals surface area contributed by atoms with Crippen LogP contribution >= 0.6 is 11.6 Å². The van der Waals surface area contributed by atoms with Crippen molar-refractivity contribution in [3.05, 3.63) is 53.1 Å². The molecule has 0 radical (unpaired) electrons. The second kappa shape index (κ2) is 8.19. The fraction of sp³-hybridized carbons (Fsp3) is 0.316. The van der Waals surface area contributed by atoms with Crippen molar-refractivity contribution in [2.24, 2.45) is 0 Å². The van der Waals surface area contributed by atoms with E-state index in [1.54, 1.807) is 0 Å². The smallest absolute Gasteiger partial charge is 0.257 e. The van der Waals surface area contributed by atoms with Crippen molar-refractivity contribution in [1.82, 2.24) is 0 Å². The van der Waals surface area contributed by atoms with Crippen LogP contribution < -0.4 is 14.9 Å². The van der Waals surface area contributed by atoms with E-state index in [9.17, 15) is 13.2 Å². The topological polar surface area (TPSA) is 78.5 Å². The molecule has 0 bridgehead atoms. The molecule has 8 heteroatoms. The highest BCUT2D eigenvalue weighted by atomic mass is 35.5. The first-order valence-corrected chi connectivity index (χ1v) is 11.0. The molecule has 27 heavy (non-hydrogen) atoms. The molecule has 1 fully saturated rings. The second-order valence-electron chi connectivity index (χ2n) is 6.62. The Morgan fingerprint density at radius 2 is 1.63 bits per heavy atom. The molecule has 1 heterocycles. The monoisotopic (exact) mass is 407 g/mol. The summed E-state index contributed by atoms with van der Waals surface area (Å²) in [7, 11) is -3.44. The lowest BCUT2D eigenvalue weighted by atomic mass is 10.1. The van der Waals surface area contributed by atoms with Crippen molar-refractivity contribution in [3.63, 3.8) is 0 Å². The van der Waals surface area contributed by atoms with Crippen LogP contribution in [0.1, 0.15) is 29.6 Å². The highest BCUT2D eigenvalue weighted by molar-refractivity contribution is 7.92. The lowest BCUT2D eigenvalue weighted by Gasteiger charge is -2.28. The van der Waals surface area contributed by atoms with Crippen LogP contribution in [0.3, 0.4) is 0 Å². The molecule has 1 aliphatic rings. The predicted molar refractivity (Wildman–Crippen MR) is 110 cm³/mol. The van der Waals surface area contributed by atoms with Crippen LogP contribution in [-0.2, 0) is 10.0 Å². The normalized spacial score (nSPS) is 14.7. The fourth-order valence-electron chi connectivity index (χ4n) is 3.08. The number of amides is 1. The van der Waals surface area contributed by atoms with E-state index in [4.69, 9.17) is 11.6 Å². The van der Waals surface area contributed by atoms with Crippen molar-refractivity contribution in [2.75, 3.05) is 34.3 Å². The van der Waals surface area contributed by atoms with Gasteiger partial charge < -0.3 is 10.2 Å².